The fourth-order valence-corrected chi connectivity index (χ4v) is 4.23. The van der Waals surface area contributed by atoms with E-state index in [1.54, 1.807) is 15.9 Å². The lowest BCUT2D eigenvalue weighted by Crippen LogP contribution is -2.49. The van der Waals surface area contributed by atoms with Crippen molar-refractivity contribution in [2.24, 2.45) is 0 Å². The number of piperazine rings is 1. The molecule has 2 aromatic carbocycles. The van der Waals surface area contributed by atoms with Crippen LogP contribution >= 0.6 is 0 Å². The summed E-state index contributed by atoms with van der Waals surface area (Å²) in [5.74, 6) is 0.400. The van der Waals surface area contributed by atoms with Crippen molar-refractivity contribution in [3.8, 4) is 5.75 Å². The number of ether oxygens (including phenoxy) is 1. The molecule has 6 nitrogen and oxygen atoms in total. The van der Waals surface area contributed by atoms with Crippen molar-refractivity contribution in [2.75, 3.05) is 42.5 Å². The lowest BCUT2D eigenvalue weighted by Gasteiger charge is -2.36. The highest BCUT2D eigenvalue weighted by molar-refractivity contribution is 5.97. The molecule has 0 aromatic heterocycles. The highest BCUT2D eigenvalue weighted by atomic mass is 19.4. The third-order valence-corrected chi connectivity index (χ3v) is 5.95. The summed E-state index contributed by atoms with van der Waals surface area (Å²) in [7, 11) is 0. The van der Waals surface area contributed by atoms with Crippen LogP contribution < -0.4 is 14.5 Å². The molecule has 0 spiro atoms. The molecule has 2 amide bonds. The molecule has 0 unspecified atom stereocenters. The Kier molecular flexibility index (Phi) is 6.49. The van der Waals surface area contributed by atoms with Gasteiger partial charge in [-0.3, -0.25) is 9.59 Å². The van der Waals surface area contributed by atoms with E-state index in [1.165, 1.54) is 6.07 Å². The minimum atomic E-state index is -4.39. The Bertz CT molecular complexity index is 1020. The number of anilines is 2. The molecule has 2 heterocycles. The quantitative estimate of drug-likeness (QED) is 0.692. The van der Waals surface area contributed by atoms with Crippen molar-refractivity contribution >= 4 is 23.2 Å². The second kappa shape index (κ2) is 9.33. The Morgan fingerprint density at radius 3 is 2.39 bits per heavy atom. The van der Waals surface area contributed by atoms with Gasteiger partial charge in [-0.15, -0.1) is 0 Å². The van der Waals surface area contributed by atoms with E-state index in [1.807, 2.05) is 36.1 Å². The molecule has 0 aliphatic carbocycles. The molecule has 176 valence electrons. The van der Waals surface area contributed by atoms with Gasteiger partial charge >= 0.3 is 6.18 Å². The van der Waals surface area contributed by atoms with Crippen LogP contribution in [0.25, 0.3) is 0 Å². The average molecular weight is 461 g/mol. The van der Waals surface area contributed by atoms with Gasteiger partial charge < -0.3 is 19.4 Å². The molecule has 0 bridgehead atoms. The van der Waals surface area contributed by atoms with Gasteiger partial charge in [0.25, 0.3) is 0 Å². The van der Waals surface area contributed by atoms with Crippen LogP contribution in [-0.4, -0.2) is 55.5 Å². The highest BCUT2D eigenvalue weighted by Gasteiger charge is 2.32. The number of para-hydroxylation sites is 2. The molecule has 0 saturated carbocycles. The SMILES string of the molecule is C[C@@H]1CN(C(=O)CCC(=O)N2CCN(c3cccc(C(F)(F)F)c3)CC2)c2ccccc2O1. The maximum absolute atomic E-state index is 13.0. The van der Waals surface area contributed by atoms with Crippen molar-refractivity contribution < 1.29 is 27.5 Å². The molecule has 1 atom stereocenters. The Balaban J connectivity index is 1.30. The van der Waals surface area contributed by atoms with Gasteiger partial charge in [-0.2, -0.15) is 13.2 Å². The highest BCUT2D eigenvalue weighted by Crippen LogP contribution is 2.34. The van der Waals surface area contributed by atoms with Crippen molar-refractivity contribution in [1.82, 2.24) is 4.90 Å². The third-order valence-electron chi connectivity index (χ3n) is 5.95. The van der Waals surface area contributed by atoms with Crippen LogP contribution in [0.4, 0.5) is 24.5 Å². The number of rotatable bonds is 4. The molecule has 2 aromatic rings. The first-order chi connectivity index (χ1) is 15.7. The molecule has 2 aliphatic heterocycles. The Labute approximate surface area is 190 Å². The standard InChI is InChI=1S/C24H26F3N3O3/c1-17-16-30(20-7-2-3-8-21(20)33-17)23(32)10-9-22(31)29-13-11-28(12-14-29)19-6-4-5-18(15-19)24(25,26)27/h2-8,15,17H,9-14,16H2,1H3/t17-/m1/s1. The lowest BCUT2D eigenvalue weighted by atomic mass is 10.1. The van der Waals surface area contributed by atoms with Crippen molar-refractivity contribution in [1.29, 1.82) is 0 Å². The fourth-order valence-electron chi connectivity index (χ4n) is 4.23. The van der Waals surface area contributed by atoms with E-state index in [4.69, 9.17) is 4.74 Å². The summed E-state index contributed by atoms with van der Waals surface area (Å²) < 4.78 is 44.7. The number of halogens is 3. The Morgan fingerprint density at radius 2 is 1.67 bits per heavy atom. The summed E-state index contributed by atoms with van der Waals surface area (Å²) in [6, 6.07) is 12.6. The summed E-state index contributed by atoms with van der Waals surface area (Å²) >= 11 is 0. The molecule has 0 radical (unpaired) electrons. The van der Waals surface area contributed by atoms with Crippen LogP contribution in [0.1, 0.15) is 25.3 Å². The molecule has 0 N–H and O–H groups in total. The Morgan fingerprint density at radius 1 is 0.970 bits per heavy atom. The smallest absolute Gasteiger partial charge is 0.416 e. The predicted octanol–water partition coefficient (Wildman–Crippen LogP) is 3.95. The normalized spacial score (nSPS) is 18.5. The molecule has 9 heteroatoms. The molecular formula is C24H26F3N3O3. The summed E-state index contributed by atoms with van der Waals surface area (Å²) in [5, 5.41) is 0. The molecule has 1 fully saturated rings. The second-order valence-corrected chi connectivity index (χ2v) is 8.32. The first kappa shape index (κ1) is 22.9. The van der Waals surface area contributed by atoms with E-state index < -0.39 is 11.7 Å². The van der Waals surface area contributed by atoms with E-state index in [0.29, 0.717) is 49.8 Å². The van der Waals surface area contributed by atoms with Crippen LogP contribution in [0.15, 0.2) is 48.5 Å². The minimum absolute atomic E-state index is 0.0910. The molecule has 33 heavy (non-hydrogen) atoms. The lowest BCUT2D eigenvalue weighted by molar-refractivity contribution is -0.137. The van der Waals surface area contributed by atoms with Gasteiger partial charge in [0.2, 0.25) is 11.8 Å². The third kappa shape index (κ3) is 5.23. The maximum Gasteiger partial charge on any atom is 0.416 e. The largest absolute Gasteiger partial charge is 0.487 e. The number of carbonyl (C=O) groups excluding carboxylic acids is 2. The van der Waals surface area contributed by atoms with E-state index in [2.05, 4.69) is 0 Å². The number of carbonyl (C=O) groups is 2. The number of amides is 2. The number of hydrogen-bond acceptors (Lipinski definition) is 4. The van der Waals surface area contributed by atoms with Gasteiger partial charge in [-0.1, -0.05) is 18.2 Å². The van der Waals surface area contributed by atoms with E-state index in [0.717, 1.165) is 12.1 Å². The minimum Gasteiger partial charge on any atom is -0.487 e. The van der Waals surface area contributed by atoms with Crippen molar-refractivity contribution in [2.45, 2.75) is 32.0 Å². The topological polar surface area (TPSA) is 53.1 Å². The van der Waals surface area contributed by atoms with Crippen molar-refractivity contribution in [3.63, 3.8) is 0 Å². The van der Waals surface area contributed by atoms with E-state index in [-0.39, 0.29) is 30.8 Å². The number of fused-ring (bicyclic) bond motifs is 1. The zero-order valence-electron chi connectivity index (χ0n) is 18.3. The summed E-state index contributed by atoms with van der Waals surface area (Å²) in [6.45, 7) is 4.01. The first-order valence-corrected chi connectivity index (χ1v) is 11.0. The van der Waals surface area contributed by atoms with Crippen LogP contribution in [0.5, 0.6) is 5.75 Å². The number of nitrogens with zero attached hydrogens (tertiary/aromatic N) is 3. The summed E-state index contributed by atoms with van der Waals surface area (Å²) in [6.07, 6.45) is -4.34. The summed E-state index contributed by atoms with van der Waals surface area (Å²) in [4.78, 5) is 30.7. The van der Waals surface area contributed by atoms with Crippen LogP contribution in [0.2, 0.25) is 0 Å². The van der Waals surface area contributed by atoms with Gasteiger partial charge in [-0.25, -0.2) is 0 Å². The van der Waals surface area contributed by atoms with Crippen molar-refractivity contribution in [3.05, 3.63) is 54.1 Å². The molecule has 1 saturated heterocycles. The summed E-state index contributed by atoms with van der Waals surface area (Å²) in [5.41, 5.74) is 0.519. The van der Waals surface area contributed by atoms with Gasteiger partial charge in [0.05, 0.1) is 17.8 Å². The number of hydrogen-bond donors (Lipinski definition) is 0. The maximum atomic E-state index is 13.0. The number of alkyl halides is 3. The van der Waals surface area contributed by atoms with Gasteiger partial charge in [0.1, 0.15) is 11.9 Å². The van der Waals surface area contributed by atoms with Gasteiger partial charge in [-0.05, 0) is 37.3 Å². The molecule has 4 rings (SSSR count). The second-order valence-electron chi connectivity index (χ2n) is 8.32. The molecular weight excluding hydrogens is 435 g/mol. The molecule has 2 aliphatic rings. The predicted molar refractivity (Wildman–Crippen MR) is 118 cm³/mol. The monoisotopic (exact) mass is 461 g/mol. The fraction of sp³-hybridized carbons (Fsp3) is 0.417. The van der Waals surface area contributed by atoms with E-state index >= 15 is 0 Å². The first-order valence-electron chi connectivity index (χ1n) is 11.0. The average Bonchev–Trinajstić information content (AvgIpc) is 2.81. The number of benzene rings is 2. The zero-order chi connectivity index (χ0) is 23.6. The van der Waals surface area contributed by atoms with Crippen LogP contribution in [0, 0.1) is 0 Å². The zero-order valence-corrected chi connectivity index (χ0v) is 18.3. The van der Waals surface area contributed by atoms with E-state index in [9.17, 15) is 22.8 Å². The van der Waals surface area contributed by atoms with Gasteiger partial charge in [0, 0.05) is 44.7 Å². The van der Waals surface area contributed by atoms with Crippen LogP contribution in [-0.2, 0) is 15.8 Å². The Hall–Kier alpha value is -3.23. The van der Waals surface area contributed by atoms with Gasteiger partial charge in [0.15, 0.2) is 0 Å². The van der Waals surface area contributed by atoms with Crippen LogP contribution in [0.3, 0.4) is 0 Å².